The van der Waals surface area contributed by atoms with Crippen LogP contribution in [-0.2, 0) is 9.47 Å². The van der Waals surface area contributed by atoms with E-state index in [1.165, 1.54) is 38.5 Å². The Hall–Kier alpha value is -2.32. The van der Waals surface area contributed by atoms with Crippen molar-refractivity contribution in [3.8, 4) is 0 Å². The maximum absolute atomic E-state index is 12.4. The third-order valence-electron chi connectivity index (χ3n) is 7.13. The summed E-state index contributed by atoms with van der Waals surface area (Å²) in [7, 11) is 0. The summed E-state index contributed by atoms with van der Waals surface area (Å²) in [4.78, 5) is 24.7. The molecule has 224 valence electrons. The number of ether oxygens (including phenoxy) is 2. The molecule has 8 heteroatoms. The van der Waals surface area contributed by atoms with Crippen molar-refractivity contribution in [1.82, 2.24) is 10.6 Å². The van der Waals surface area contributed by atoms with E-state index in [0.29, 0.717) is 49.5 Å². The smallest absolute Gasteiger partial charge is 0.319 e. The van der Waals surface area contributed by atoms with Crippen LogP contribution in [0.25, 0.3) is 0 Å². The lowest BCUT2D eigenvalue weighted by Gasteiger charge is -2.16. The van der Waals surface area contributed by atoms with E-state index in [-0.39, 0.29) is 12.1 Å². The SMILES string of the molecule is CCCCC(CC)COCCCNC(=O)Nc1cccc(NC(=O)NCCCOCC(CC)CCCC)c1C. The Balaban J connectivity index is 2.28. The van der Waals surface area contributed by atoms with E-state index >= 15 is 0 Å². The van der Waals surface area contributed by atoms with Crippen molar-refractivity contribution >= 4 is 23.4 Å². The van der Waals surface area contributed by atoms with E-state index < -0.39 is 0 Å². The lowest BCUT2D eigenvalue weighted by Crippen LogP contribution is -2.31. The van der Waals surface area contributed by atoms with Crippen LogP contribution in [0.5, 0.6) is 0 Å². The van der Waals surface area contributed by atoms with Gasteiger partial charge in [0.25, 0.3) is 0 Å². The van der Waals surface area contributed by atoms with E-state index in [9.17, 15) is 9.59 Å². The summed E-state index contributed by atoms with van der Waals surface area (Å²) in [6.45, 7) is 14.7. The quantitative estimate of drug-likeness (QED) is 0.113. The first-order valence-electron chi connectivity index (χ1n) is 15.3. The number of benzene rings is 1. The van der Waals surface area contributed by atoms with Crippen molar-refractivity contribution < 1.29 is 19.1 Å². The molecule has 0 aromatic heterocycles. The van der Waals surface area contributed by atoms with Crippen LogP contribution in [0.4, 0.5) is 21.0 Å². The number of carbonyl (C=O) groups excluding carboxylic acids is 2. The van der Waals surface area contributed by atoms with Gasteiger partial charge >= 0.3 is 12.1 Å². The first-order valence-corrected chi connectivity index (χ1v) is 15.3. The van der Waals surface area contributed by atoms with Crippen LogP contribution in [-0.4, -0.2) is 51.6 Å². The number of nitrogens with one attached hydrogen (secondary N) is 4. The molecule has 1 aromatic rings. The number of urea groups is 2. The molecule has 0 saturated carbocycles. The van der Waals surface area contributed by atoms with Crippen LogP contribution >= 0.6 is 0 Å². The number of unbranched alkanes of at least 4 members (excludes halogenated alkanes) is 2. The first-order chi connectivity index (χ1) is 18.9. The van der Waals surface area contributed by atoms with Crippen LogP contribution in [0.1, 0.15) is 97.5 Å². The summed E-state index contributed by atoms with van der Waals surface area (Å²) in [6.07, 6.45) is 11.2. The van der Waals surface area contributed by atoms with Gasteiger partial charge < -0.3 is 30.7 Å². The molecule has 0 aliphatic rings. The Bertz CT molecular complexity index is 730. The standard InChI is InChI=1S/C31H56N4O4/c1-6-10-15-26(8-3)23-38-21-13-19-32-30(36)34-28-17-12-18-29(25(28)5)35-31(37)33-20-14-22-39-24-27(9-4)16-11-7-2/h12,17-18,26-27H,6-11,13-16,19-24H2,1-5H3,(H2,32,34,36)(H2,33,35,37). The zero-order valence-corrected chi connectivity index (χ0v) is 25.3. The van der Waals surface area contributed by atoms with E-state index in [4.69, 9.17) is 9.47 Å². The van der Waals surface area contributed by atoms with Crippen molar-refractivity contribution in [2.24, 2.45) is 11.8 Å². The third-order valence-corrected chi connectivity index (χ3v) is 7.13. The van der Waals surface area contributed by atoms with E-state index in [1.807, 2.05) is 25.1 Å². The molecule has 0 aliphatic carbocycles. The van der Waals surface area contributed by atoms with E-state index in [1.54, 1.807) is 0 Å². The van der Waals surface area contributed by atoms with Gasteiger partial charge in [-0.1, -0.05) is 72.3 Å². The Kier molecular flexibility index (Phi) is 20.0. The Morgan fingerprint density at radius 1 is 0.718 bits per heavy atom. The van der Waals surface area contributed by atoms with Gasteiger partial charge in [-0.3, -0.25) is 0 Å². The molecule has 0 fully saturated rings. The van der Waals surface area contributed by atoms with Gasteiger partial charge in [0.05, 0.1) is 0 Å². The van der Waals surface area contributed by atoms with Gasteiger partial charge in [-0.2, -0.15) is 0 Å². The zero-order valence-electron chi connectivity index (χ0n) is 25.3. The minimum Gasteiger partial charge on any atom is -0.381 e. The molecule has 39 heavy (non-hydrogen) atoms. The zero-order chi connectivity index (χ0) is 28.7. The maximum Gasteiger partial charge on any atom is 0.319 e. The van der Waals surface area contributed by atoms with Crippen LogP contribution in [0, 0.1) is 18.8 Å². The van der Waals surface area contributed by atoms with E-state index in [2.05, 4.69) is 49.0 Å². The Morgan fingerprint density at radius 2 is 1.15 bits per heavy atom. The largest absolute Gasteiger partial charge is 0.381 e. The summed E-state index contributed by atoms with van der Waals surface area (Å²) in [6, 6.07) is 4.92. The van der Waals surface area contributed by atoms with E-state index in [0.717, 1.165) is 44.5 Å². The Labute approximate surface area is 237 Å². The van der Waals surface area contributed by atoms with Gasteiger partial charge in [0.15, 0.2) is 0 Å². The first kappa shape index (κ1) is 34.7. The minimum atomic E-state index is -0.269. The van der Waals surface area contributed by atoms with Crippen molar-refractivity contribution in [2.75, 3.05) is 50.2 Å². The second-order valence-electron chi connectivity index (χ2n) is 10.4. The van der Waals surface area contributed by atoms with Crippen molar-refractivity contribution in [3.63, 3.8) is 0 Å². The molecule has 1 aromatic carbocycles. The summed E-state index contributed by atoms with van der Waals surface area (Å²) in [5.41, 5.74) is 2.11. The van der Waals surface area contributed by atoms with Gasteiger partial charge in [-0.05, 0) is 62.1 Å². The molecule has 1 rings (SSSR count). The van der Waals surface area contributed by atoms with Crippen LogP contribution in [0.2, 0.25) is 0 Å². The van der Waals surface area contributed by atoms with Gasteiger partial charge in [0, 0.05) is 50.9 Å². The molecule has 0 bridgehead atoms. The average Bonchev–Trinajstić information content (AvgIpc) is 2.93. The number of hydrogen-bond donors (Lipinski definition) is 4. The number of hydrogen-bond acceptors (Lipinski definition) is 4. The topological polar surface area (TPSA) is 101 Å². The van der Waals surface area contributed by atoms with Crippen molar-refractivity contribution in [2.45, 2.75) is 98.8 Å². The van der Waals surface area contributed by atoms with Crippen molar-refractivity contribution in [3.05, 3.63) is 23.8 Å². The van der Waals surface area contributed by atoms with Crippen LogP contribution < -0.4 is 21.3 Å². The molecule has 0 saturated heterocycles. The second kappa shape index (κ2) is 22.5. The highest BCUT2D eigenvalue weighted by Gasteiger charge is 2.11. The molecule has 0 aliphatic heterocycles. The highest BCUT2D eigenvalue weighted by atomic mass is 16.5. The lowest BCUT2D eigenvalue weighted by molar-refractivity contribution is 0.0924. The maximum atomic E-state index is 12.4. The van der Waals surface area contributed by atoms with Gasteiger partial charge in [-0.25, -0.2) is 9.59 Å². The molecule has 2 atom stereocenters. The predicted molar refractivity (Wildman–Crippen MR) is 163 cm³/mol. The monoisotopic (exact) mass is 548 g/mol. The lowest BCUT2D eigenvalue weighted by atomic mass is 10.0. The number of rotatable bonds is 22. The molecule has 0 spiro atoms. The number of carbonyl (C=O) groups is 2. The predicted octanol–water partition coefficient (Wildman–Crippen LogP) is 7.48. The van der Waals surface area contributed by atoms with Gasteiger partial charge in [0.2, 0.25) is 0 Å². The summed E-state index contributed by atoms with van der Waals surface area (Å²) >= 11 is 0. The molecule has 2 unspecified atom stereocenters. The Morgan fingerprint density at radius 3 is 1.54 bits per heavy atom. The summed E-state index contributed by atoms with van der Waals surface area (Å²) in [5, 5.41) is 11.5. The van der Waals surface area contributed by atoms with Crippen molar-refractivity contribution in [1.29, 1.82) is 0 Å². The molecule has 4 N–H and O–H groups in total. The molecule has 8 nitrogen and oxygen atoms in total. The number of amides is 4. The molecular weight excluding hydrogens is 492 g/mol. The third kappa shape index (κ3) is 16.4. The normalized spacial score (nSPS) is 12.5. The minimum absolute atomic E-state index is 0.269. The summed E-state index contributed by atoms with van der Waals surface area (Å²) in [5.74, 6) is 1.25. The van der Waals surface area contributed by atoms with Gasteiger partial charge in [-0.15, -0.1) is 0 Å². The number of anilines is 2. The highest BCUT2D eigenvalue weighted by molar-refractivity contribution is 5.94. The second-order valence-corrected chi connectivity index (χ2v) is 10.4. The fraction of sp³-hybridized carbons (Fsp3) is 0.742. The summed E-state index contributed by atoms with van der Waals surface area (Å²) < 4.78 is 11.6. The molecule has 4 amide bonds. The highest BCUT2D eigenvalue weighted by Crippen LogP contribution is 2.23. The van der Waals surface area contributed by atoms with Crippen LogP contribution in [0.3, 0.4) is 0 Å². The van der Waals surface area contributed by atoms with Gasteiger partial charge in [0.1, 0.15) is 0 Å². The molecule has 0 radical (unpaired) electrons. The molecule has 0 heterocycles. The molecular formula is C31H56N4O4. The fourth-order valence-electron chi connectivity index (χ4n) is 4.29. The van der Waals surface area contributed by atoms with Crippen LogP contribution in [0.15, 0.2) is 18.2 Å². The fourth-order valence-corrected chi connectivity index (χ4v) is 4.29. The average molecular weight is 549 g/mol.